The molecule has 0 saturated carbocycles. The lowest BCUT2D eigenvalue weighted by molar-refractivity contribution is -0.138. The SMILES string of the molecule is CCOC(=O)c1oc2c(c1C(F)(F)F)-c1nn(Cc3ccccn3)cc1CC2. The molecule has 0 atom stereocenters. The van der Waals surface area contributed by atoms with Crippen LogP contribution in [0, 0.1) is 0 Å². The van der Waals surface area contributed by atoms with Gasteiger partial charge in [-0.25, -0.2) is 4.79 Å². The van der Waals surface area contributed by atoms with Crippen LogP contribution in [-0.4, -0.2) is 27.3 Å². The van der Waals surface area contributed by atoms with Gasteiger partial charge >= 0.3 is 12.1 Å². The van der Waals surface area contributed by atoms with E-state index in [1.165, 1.54) is 6.92 Å². The molecule has 0 bridgehead atoms. The van der Waals surface area contributed by atoms with Crippen molar-refractivity contribution in [2.75, 3.05) is 6.61 Å². The van der Waals surface area contributed by atoms with E-state index in [2.05, 4.69) is 10.1 Å². The van der Waals surface area contributed by atoms with Crippen molar-refractivity contribution in [3.8, 4) is 11.3 Å². The van der Waals surface area contributed by atoms with Gasteiger partial charge in [-0.2, -0.15) is 18.3 Å². The molecule has 0 saturated heterocycles. The van der Waals surface area contributed by atoms with E-state index < -0.39 is 23.5 Å². The van der Waals surface area contributed by atoms with Crippen molar-refractivity contribution in [2.45, 2.75) is 32.5 Å². The number of rotatable bonds is 4. The van der Waals surface area contributed by atoms with E-state index in [1.807, 2.05) is 12.1 Å². The Morgan fingerprint density at radius 3 is 2.82 bits per heavy atom. The van der Waals surface area contributed by atoms with Gasteiger partial charge in [0.25, 0.3) is 0 Å². The lowest BCUT2D eigenvalue weighted by Crippen LogP contribution is -2.14. The number of carbonyl (C=O) groups is 1. The number of aromatic nitrogens is 3. The summed E-state index contributed by atoms with van der Waals surface area (Å²) in [5.41, 5.74) is 0.300. The zero-order chi connectivity index (χ0) is 19.9. The van der Waals surface area contributed by atoms with E-state index >= 15 is 0 Å². The monoisotopic (exact) mass is 391 g/mol. The third-order valence-electron chi connectivity index (χ3n) is 4.47. The van der Waals surface area contributed by atoms with E-state index in [-0.39, 0.29) is 30.0 Å². The van der Waals surface area contributed by atoms with Crippen LogP contribution < -0.4 is 0 Å². The highest BCUT2D eigenvalue weighted by Gasteiger charge is 2.45. The minimum absolute atomic E-state index is 0.0501. The Balaban J connectivity index is 1.81. The molecule has 28 heavy (non-hydrogen) atoms. The molecular weight excluding hydrogens is 375 g/mol. The number of hydrogen-bond acceptors (Lipinski definition) is 5. The van der Waals surface area contributed by atoms with Gasteiger partial charge in [-0.3, -0.25) is 9.67 Å². The number of pyridine rings is 1. The minimum Gasteiger partial charge on any atom is -0.460 e. The number of halogens is 3. The van der Waals surface area contributed by atoms with Crippen LogP contribution in [0.5, 0.6) is 0 Å². The molecule has 3 aromatic heterocycles. The smallest absolute Gasteiger partial charge is 0.421 e. The number of ether oxygens (including phenoxy) is 1. The molecule has 3 heterocycles. The number of aryl methyl sites for hydroxylation is 2. The second-order valence-electron chi connectivity index (χ2n) is 6.34. The summed E-state index contributed by atoms with van der Waals surface area (Å²) in [6.45, 7) is 1.80. The molecular formula is C19H16F3N3O3. The average Bonchev–Trinajstić information content (AvgIpc) is 3.22. The van der Waals surface area contributed by atoms with E-state index in [9.17, 15) is 18.0 Å². The molecule has 0 aromatic carbocycles. The van der Waals surface area contributed by atoms with E-state index in [0.29, 0.717) is 18.5 Å². The van der Waals surface area contributed by atoms with Gasteiger partial charge in [-0.1, -0.05) is 6.07 Å². The molecule has 3 aromatic rings. The summed E-state index contributed by atoms with van der Waals surface area (Å²) in [4.78, 5) is 16.2. The molecule has 4 rings (SSSR count). The fraction of sp³-hybridized carbons (Fsp3) is 0.316. The van der Waals surface area contributed by atoms with Crippen LogP contribution in [0.3, 0.4) is 0 Å². The highest BCUT2D eigenvalue weighted by molar-refractivity contribution is 5.92. The first-order valence-corrected chi connectivity index (χ1v) is 8.75. The highest BCUT2D eigenvalue weighted by Crippen LogP contribution is 2.46. The van der Waals surface area contributed by atoms with Gasteiger partial charge in [0.2, 0.25) is 5.76 Å². The Bertz CT molecular complexity index is 1020. The first kappa shape index (κ1) is 18.3. The molecule has 6 nitrogen and oxygen atoms in total. The van der Waals surface area contributed by atoms with Crippen molar-refractivity contribution in [1.82, 2.24) is 14.8 Å². The zero-order valence-electron chi connectivity index (χ0n) is 14.9. The van der Waals surface area contributed by atoms with E-state index in [0.717, 1.165) is 5.69 Å². The fourth-order valence-electron chi connectivity index (χ4n) is 3.36. The number of hydrogen-bond donors (Lipinski definition) is 0. The molecule has 0 radical (unpaired) electrons. The van der Waals surface area contributed by atoms with Gasteiger partial charge < -0.3 is 9.15 Å². The minimum atomic E-state index is -4.78. The largest absolute Gasteiger partial charge is 0.460 e. The van der Waals surface area contributed by atoms with Crippen molar-refractivity contribution in [1.29, 1.82) is 0 Å². The van der Waals surface area contributed by atoms with Crippen molar-refractivity contribution in [3.63, 3.8) is 0 Å². The summed E-state index contributed by atoms with van der Waals surface area (Å²) < 4.78 is 53.0. The standard InChI is InChI=1S/C19H16F3N3O3/c1-2-27-18(26)17-15(19(20,21)22)14-13(28-17)7-6-11-9-25(24-16(11)14)10-12-5-3-4-8-23-12/h3-5,8-9H,2,6-7,10H2,1H3. The van der Waals surface area contributed by atoms with Gasteiger partial charge in [-0.15, -0.1) is 0 Å². The third-order valence-corrected chi connectivity index (χ3v) is 4.47. The summed E-state index contributed by atoms with van der Waals surface area (Å²) in [7, 11) is 0. The Labute approximate surface area is 157 Å². The van der Waals surface area contributed by atoms with Gasteiger partial charge in [0.15, 0.2) is 0 Å². The second kappa shape index (κ2) is 6.81. The number of esters is 1. The maximum absolute atomic E-state index is 13.8. The van der Waals surface area contributed by atoms with Crippen molar-refractivity contribution >= 4 is 5.97 Å². The molecule has 0 N–H and O–H groups in total. The van der Waals surface area contributed by atoms with Gasteiger partial charge in [0.05, 0.1) is 30.1 Å². The first-order valence-electron chi connectivity index (χ1n) is 8.75. The molecule has 0 amide bonds. The number of fused-ring (bicyclic) bond motifs is 3. The van der Waals surface area contributed by atoms with Crippen molar-refractivity contribution in [2.24, 2.45) is 0 Å². The summed E-state index contributed by atoms with van der Waals surface area (Å²) in [6.07, 6.45) is -0.708. The summed E-state index contributed by atoms with van der Waals surface area (Å²) in [5, 5.41) is 4.34. The Kier molecular flexibility index (Phi) is 4.44. The molecule has 0 aliphatic heterocycles. The molecule has 0 fully saturated rings. The van der Waals surface area contributed by atoms with Crippen LogP contribution >= 0.6 is 0 Å². The van der Waals surface area contributed by atoms with Crippen molar-refractivity contribution in [3.05, 3.63) is 58.9 Å². The fourth-order valence-corrected chi connectivity index (χ4v) is 3.36. The Morgan fingerprint density at radius 1 is 1.32 bits per heavy atom. The highest BCUT2D eigenvalue weighted by atomic mass is 19.4. The van der Waals surface area contributed by atoms with E-state index in [1.54, 1.807) is 23.1 Å². The molecule has 146 valence electrons. The second-order valence-corrected chi connectivity index (χ2v) is 6.34. The van der Waals surface area contributed by atoms with E-state index in [4.69, 9.17) is 9.15 Å². The maximum Gasteiger partial charge on any atom is 0.421 e. The predicted octanol–water partition coefficient (Wildman–Crippen LogP) is 3.88. The summed E-state index contributed by atoms with van der Waals surface area (Å²) in [5.74, 6) is -1.84. The lowest BCUT2D eigenvalue weighted by atomic mass is 9.93. The zero-order valence-corrected chi connectivity index (χ0v) is 14.9. The van der Waals surface area contributed by atoms with Gasteiger partial charge in [0.1, 0.15) is 11.3 Å². The number of alkyl halides is 3. The van der Waals surface area contributed by atoms with Crippen LogP contribution in [0.15, 0.2) is 35.0 Å². The summed E-state index contributed by atoms with van der Waals surface area (Å²) in [6, 6.07) is 5.42. The quantitative estimate of drug-likeness (QED) is 0.632. The summed E-state index contributed by atoms with van der Waals surface area (Å²) >= 11 is 0. The average molecular weight is 391 g/mol. The molecule has 0 spiro atoms. The van der Waals surface area contributed by atoms with Crippen LogP contribution in [0.25, 0.3) is 11.3 Å². The molecule has 0 unspecified atom stereocenters. The number of carbonyl (C=O) groups excluding carboxylic acids is 1. The lowest BCUT2D eigenvalue weighted by Gasteiger charge is -2.12. The van der Waals surface area contributed by atoms with Crippen LogP contribution in [0.1, 0.15) is 40.1 Å². The van der Waals surface area contributed by atoms with Crippen LogP contribution in [-0.2, 0) is 30.3 Å². The maximum atomic E-state index is 13.8. The van der Waals surface area contributed by atoms with Crippen LogP contribution in [0.4, 0.5) is 13.2 Å². The van der Waals surface area contributed by atoms with Gasteiger partial charge in [-0.05, 0) is 31.0 Å². The molecule has 9 heteroatoms. The molecule has 1 aliphatic carbocycles. The molecule has 1 aliphatic rings. The first-order chi connectivity index (χ1) is 13.4. The Morgan fingerprint density at radius 2 is 2.14 bits per heavy atom. The predicted molar refractivity (Wildman–Crippen MR) is 91.6 cm³/mol. The Hall–Kier alpha value is -3.10. The topological polar surface area (TPSA) is 70.2 Å². The van der Waals surface area contributed by atoms with Crippen LogP contribution in [0.2, 0.25) is 0 Å². The van der Waals surface area contributed by atoms with Crippen molar-refractivity contribution < 1.29 is 27.1 Å². The number of furan rings is 1. The normalized spacial score (nSPS) is 13.1. The number of nitrogens with zero attached hydrogens (tertiary/aromatic N) is 3. The third kappa shape index (κ3) is 3.17. The van der Waals surface area contributed by atoms with Gasteiger partial charge in [0, 0.05) is 18.8 Å².